The van der Waals surface area contributed by atoms with Gasteiger partial charge in [-0.1, -0.05) is 18.2 Å². The highest BCUT2D eigenvalue weighted by Crippen LogP contribution is 2.43. The molecule has 1 atom stereocenters. The molecule has 42 heavy (non-hydrogen) atoms. The predicted molar refractivity (Wildman–Crippen MR) is 158 cm³/mol. The third-order valence-electron chi connectivity index (χ3n) is 8.32. The quantitative estimate of drug-likeness (QED) is 0.273. The summed E-state index contributed by atoms with van der Waals surface area (Å²) in [4.78, 5) is 23.2. The number of aromatic amines is 1. The van der Waals surface area contributed by atoms with Crippen molar-refractivity contribution in [3.63, 3.8) is 0 Å². The number of halogens is 1. The van der Waals surface area contributed by atoms with Gasteiger partial charge in [-0.15, -0.1) is 0 Å². The van der Waals surface area contributed by atoms with Crippen LogP contribution in [0.2, 0.25) is 0 Å². The lowest BCUT2D eigenvalue weighted by atomic mass is 9.95. The Morgan fingerprint density at radius 3 is 2.74 bits per heavy atom. The molecule has 1 fully saturated rings. The maximum Gasteiger partial charge on any atom is 0.265 e. The highest BCUT2D eigenvalue weighted by atomic mass is 32.2. The highest BCUT2D eigenvalue weighted by Gasteiger charge is 2.33. The van der Waals surface area contributed by atoms with Crippen LogP contribution in [0.3, 0.4) is 0 Å². The lowest BCUT2D eigenvalue weighted by Crippen LogP contribution is -2.33. The Balaban J connectivity index is 1.27. The Labute approximate surface area is 244 Å². The molecule has 1 aliphatic carbocycles. The summed E-state index contributed by atoms with van der Waals surface area (Å²) in [6.45, 7) is 0.876. The van der Waals surface area contributed by atoms with Gasteiger partial charge in [0.25, 0.3) is 5.91 Å². The normalized spacial score (nSPS) is 18.4. The van der Waals surface area contributed by atoms with Crippen LogP contribution >= 0.6 is 0 Å². The minimum Gasteiger partial charge on any atom is -0.491 e. The molecule has 2 aliphatic heterocycles. The predicted octanol–water partition coefficient (Wildman–Crippen LogP) is 5.00. The van der Waals surface area contributed by atoms with Crippen molar-refractivity contribution in [2.24, 2.45) is 0 Å². The van der Waals surface area contributed by atoms with E-state index in [0.29, 0.717) is 42.3 Å². The number of rotatable bonds is 6. The number of ether oxygens (including phenoxy) is 1. The number of pyridine rings is 1. The van der Waals surface area contributed by atoms with Crippen molar-refractivity contribution >= 4 is 39.5 Å². The molecule has 1 saturated carbocycles. The molecule has 4 heterocycles. The largest absolute Gasteiger partial charge is 0.491 e. The first-order valence-electron chi connectivity index (χ1n) is 14.0. The van der Waals surface area contributed by atoms with E-state index in [-0.39, 0.29) is 31.1 Å². The van der Waals surface area contributed by atoms with Crippen molar-refractivity contribution in [2.75, 3.05) is 31.1 Å². The third-order valence-corrected chi connectivity index (χ3v) is 9.09. The number of aliphatic hydroxyl groups excluding tert-OH is 1. The lowest BCUT2D eigenvalue weighted by Gasteiger charge is -2.24. The Hall–Kier alpha value is -3.90. The molecule has 0 radical (unpaired) electrons. The summed E-state index contributed by atoms with van der Waals surface area (Å²) < 4.78 is 43.5. The molecule has 7 rings (SSSR count). The number of hydrogen-bond donors (Lipinski definition) is 3. The number of amides is 1. The number of carbonyl (C=O) groups excluding carboxylic acids is 1. The van der Waals surface area contributed by atoms with Crippen LogP contribution in [0.25, 0.3) is 27.7 Å². The number of nitrogens with zero attached hydrogens (tertiary/aromatic N) is 3. The molecule has 216 valence electrons. The summed E-state index contributed by atoms with van der Waals surface area (Å²) in [7, 11) is 0. The van der Waals surface area contributed by atoms with Crippen LogP contribution < -0.4 is 9.64 Å². The number of hydrogen-bond acceptors (Lipinski definition) is 5. The number of nitrogens with one attached hydrogen (secondary N) is 1. The molecule has 0 unspecified atom stereocenters. The SMILES string of the molecule is O=C1c2c(F)cc(C3CC3)cc2OCCN1c1cccc(-c2ccnc3[nH]c(C4=CCN([S@@](=O)O)CC4)cc23)c1CO. The van der Waals surface area contributed by atoms with E-state index in [0.717, 1.165) is 46.2 Å². The van der Waals surface area contributed by atoms with Gasteiger partial charge in [-0.25, -0.2) is 13.6 Å². The Morgan fingerprint density at radius 1 is 1.14 bits per heavy atom. The van der Waals surface area contributed by atoms with Crippen molar-refractivity contribution in [1.82, 2.24) is 14.3 Å². The van der Waals surface area contributed by atoms with E-state index >= 15 is 4.39 Å². The zero-order chi connectivity index (χ0) is 29.0. The average molecular weight is 589 g/mol. The summed E-state index contributed by atoms with van der Waals surface area (Å²) in [5, 5.41) is 11.5. The number of aromatic nitrogens is 2. The highest BCUT2D eigenvalue weighted by molar-refractivity contribution is 7.76. The smallest absolute Gasteiger partial charge is 0.265 e. The van der Waals surface area contributed by atoms with Crippen molar-refractivity contribution in [1.29, 1.82) is 0 Å². The Bertz CT molecular complexity index is 1780. The molecular weight excluding hydrogens is 559 g/mol. The number of aliphatic hydroxyl groups is 1. The molecule has 0 bridgehead atoms. The second-order valence-electron chi connectivity index (χ2n) is 10.8. The fourth-order valence-electron chi connectivity index (χ4n) is 6.01. The standard InChI is InChI=1S/C31H29FN4O5S/c32-25-14-20(18-4-5-18)15-28-29(25)31(38)36(12-13-41-28)27-3-1-2-21(24(27)17-37)22-6-9-33-30-23(22)16-26(34-30)19-7-10-35(11-8-19)42(39)40/h1-3,6-7,9,14-16,18,37H,4-5,8,10-13,17H2,(H,33,34)(H,39,40). The number of H-pyrrole nitrogens is 1. The molecule has 0 saturated heterocycles. The average Bonchev–Trinajstić information content (AvgIpc) is 3.78. The Morgan fingerprint density at radius 2 is 2.00 bits per heavy atom. The van der Waals surface area contributed by atoms with Gasteiger partial charge in [-0.05, 0) is 77.8 Å². The molecule has 3 N–H and O–H groups in total. The molecule has 1 amide bonds. The van der Waals surface area contributed by atoms with Gasteiger partial charge in [-0.2, -0.15) is 4.31 Å². The molecule has 9 nitrogen and oxygen atoms in total. The van der Waals surface area contributed by atoms with Crippen molar-refractivity contribution in [3.8, 4) is 16.9 Å². The van der Waals surface area contributed by atoms with E-state index in [1.54, 1.807) is 18.3 Å². The number of benzene rings is 2. The van der Waals surface area contributed by atoms with Crippen molar-refractivity contribution in [2.45, 2.75) is 31.8 Å². The maximum atomic E-state index is 15.3. The van der Waals surface area contributed by atoms with Gasteiger partial charge in [0.2, 0.25) is 11.3 Å². The van der Waals surface area contributed by atoms with Crippen LogP contribution in [0.1, 0.15) is 52.4 Å². The van der Waals surface area contributed by atoms with E-state index in [1.165, 1.54) is 15.3 Å². The van der Waals surface area contributed by atoms with E-state index in [4.69, 9.17) is 4.74 Å². The van der Waals surface area contributed by atoms with E-state index in [9.17, 15) is 18.7 Å². The third kappa shape index (κ3) is 4.72. The zero-order valence-electron chi connectivity index (χ0n) is 22.7. The number of anilines is 1. The fraction of sp³-hybridized carbons (Fsp3) is 0.290. The molecule has 2 aromatic heterocycles. The monoisotopic (exact) mass is 588 g/mol. The van der Waals surface area contributed by atoms with Crippen LogP contribution in [0.4, 0.5) is 10.1 Å². The van der Waals surface area contributed by atoms with Crippen LogP contribution in [0.5, 0.6) is 5.75 Å². The van der Waals surface area contributed by atoms with Crippen molar-refractivity contribution < 1.29 is 27.8 Å². The molecule has 3 aliphatic rings. The molecule has 11 heteroatoms. The molecule has 2 aromatic carbocycles. The Kier molecular flexibility index (Phi) is 6.89. The van der Waals surface area contributed by atoms with Gasteiger partial charge in [0.1, 0.15) is 29.4 Å². The van der Waals surface area contributed by atoms with Crippen LogP contribution in [0, 0.1) is 5.82 Å². The van der Waals surface area contributed by atoms with Gasteiger partial charge >= 0.3 is 0 Å². The van der Waals surface area contributed by atoms with Crippen LogP contribution in [-0.2, 0) is 17.9 Å². The first-order valence-corrected chi connectivity index (χ1v) is 15.0. The van der Waals surface area contributed by atoms with E-state index in [1.807, 2.05) is 30.3 Å². The van der Waals surface area contributed by atoms with Crippen LogP contribution in [0.15, 0.2) is 54.7 Å². The van der Waals surface area contributed by atoms with Gasteiger partial charge in [0.15, 0.2) is 0 Å². The van der Waals surface area contributed by atoms with Crippen LogP contribution in [-0.4, -0.2) is 60.3 Å². The van der Waals surface area contributed by atoms with E-state index < -0.39 is 23.0 Å². The minimum absolute atomic E-state index is 0.0860. The van der Waals surface area contributed by atoms with Crippen molar-refractivity contribution in [3.05, 3.63) is 82.9 Å². The van der Waals surface area contributed by atoms with Gasteiger partial charge < -0.3 is 19.7 Å². The second kappa shape index (κ2) is 10.7. The summed E-state index contributed by atoms with van der Waals surface area (Å²) in [5.41, 5.74) is 5.92. The topological polar surface area (TPSA) is 119 Å². The maximum absolute atomic E-state index is 15.3. The van der Waals surface area contributed by atoms with E-state index in [2.05, 4.69) is 9.97 Å². The van der Waals surface area contributed by atoms with Gasteiger partial charge in [-0.3, -0.25) is 9.35 Å². The number of carbonyl (C=O) groups is 1. The molecular formula is C31H29FN4O5S. The first kappa shape index (κ1) is 27.0. The summed E-state index contributed by atoms with van der Waals surface area (Å²) in [6.07, 6.45) is 6.24. The molecule has 4 aromatic rings. The van der Waals surface area contributed by atoms with Gasteiger partial charge in [0, 0.05) is 35.9 Å². The summed E-state index contributed by atoms with van der Waals surface area (Å²) in [5.74, 6) is -0.497. The lowest BCUT2D eigenvalue weighted by molar-refractivity contribution is 0.0985. The summed E-state index contributed by atoms with van der Waals surface area (Å²) >= 11 is -2.01. The zero-order valence-corrected chi connectivity index (χ0v) is 23.5. The molecule has 0 spiro atoms. The minimum atomic E-state index is -2.01. The number of fused-ring (bicyclic) bond motifs is 2. The second-order valence-corrected chi connectivity index (χ2v) is 11.8. The van der Waals surface area contributed by atoms with Gasteiger partial charge in [0.05, 0.1) is 18.8 Å². The fourth-order valence-corrected chi connectivity index (χ4v) is 6.46. The summed E-state index contributed by atoms with van der Waals surface area (Å²) in [6, 6.07) is 12.6. The first-order chi connectivity index (χ1) is 20.4.